The summed E-state index contributed by atoms with van der Waals surface area (Å²) in [6.07, 6.45) is 1.25. The van der Waals surface area contributed by atoms with E-state index in [-0.39, 0.29) is 53.6 Å². The number of nitrogens with zero attached hydrogens (tertiary/aromatic N) is 3. The second kappa shape index (κ2) is 16.6. The van der Waals surface area contributed by atoms with Gasteiger partial charge < -0.3 is 34.6 Å². The van der Waals surface area contributed by atoms with Crippen molar-refractivity contribution in [2.24, 2.45) is 5.92 Å². The Morgan fingerprint density at radius 2 is 1.80 bits per heavy atom. The minimum absolute atomic E-state index is 0.00354. The maximum atomic E-state index is 14.3. The number of hydrogen-bond acceptors (Lipinski definition) is 9. The summed E-state index contributed by atoms with van der Waals surface area (Å²) in [7, 11) is -2.50. The molecule has 15 heteroatoms. The molecule has 1 aromatic heterocycles. The molecule has 268 valence electrons. The number of sulfonamides is 1. The number of aliphatic hydroxyl groups is 1. The number of amides is 3. The molecule has 0 spiro atoms. The maximum absolute atomic E-state index is 14.3. The summed E-state index contributed by atoms with van der Waals surface area (Å²) in [5.74, 6) is -0.762. The largest absolute Gasteiger partial charge is 0.490 e. The molecule has 0 aliphatic carbocycles. The monoisotopic (exact) mass is 703 g/mol. The van der Waals surface area contributed by atoms with Crippen molar-refractivity contribution in [2.75, 3.05) is 44.0 Å². The van der Waals surface area contributed by atoms with Gasteiger partial charge in [-0.2, -0.15) is 4.31 Å². The van der Waals surface area contributed by atoms with E-state index in [2.05, 4.69) is 15.8 Å². The number of aromatic nitrogens is 1. The maximum Gasteiger partial charge on any atom is 0.323 e. The molecule has 3 N–H and O–H groups in total. The number of benzene rings is 2. The Kier molecular flexibility index (Phi) is 12.8. The lowest BCUT2D eigenvalue weighted by Crippen LogP contribution is -2.48. The van der Waals surface area contributed by atoms with Gasteiger partial charge in [-0.3, -0.25) is 4.79 Å². The molecule has 2 aromatic carbocycles. The number of rotatable bonds is 8. The van der Waals surface area contributed by atoms with Crippen molar-refractivity contribution in [1.82, 2.24) is 14.4 Å². The van der Waals surface area contributed by atoms with Crippen molar-refractivity contribution in [3.8, 4) is 5.75 Å². The zero-order valence-electron chi connectivity index (χ0n) is 28.7. The van der Waals surface area contributed by atoms with Crippen molar-refractivity contribution < 1.29 is 41.5 Å². The van der Waals surface area contributed by atoms with Crippen LogP contribution >= 0.6 is 0 Å². The normalized spacial score (nSPS) is 20.2. The first kappa shape index (κ1) is 37.8. The third kappa shape index (κ3) is 9.56. The zero-order valence-corrected chi connectivity index (χ0v) is 29.5. The highest BCUT2D eigenvalue weighted by Crippen LogP contribution is 2.29. The van der Waals surface area contributed by atoms with Gasteiger partial charge in [-0.25, -0.2) is 17.6 Å². The topological polar surface area (TPSA) is 164 Å². The van der Waals surface area contributed by atoms with Crippen LogP contribution in [0.5, 0.6) is 5.75 Å². The van der Waals surface area contributed by atoms with Crippen LogP contribution in [0.2, 0.25) is 0 Å². The van der Waals surface area contributed by atoms with Crippen molar-refractivity contribution in [1.29, 1.82) is 0 Å². The molecule has 49 heavy (non-hydrogen) atoms. The number of likely N-dealkylation sites (N-methyl/N-ethyl adjacent to an activating group) is 1. The molecule has 0 unspecified atom stereocenters. The number of carbonyl (C=O) groups is 2. The van der Waals surface area contributed by atoms with Gasteiger partial charge in [-0.1, -0.05) is 12.1 Å². The summed E-state index contributed by atoms with van der Waals surface area (Å²) in [6, 6.07) is 8.82. The lowest BCUT2D eigenvalue weighted by molar-refractivity contribution is -0.00835. The van der Waals surface area contributed by atoms with Crippen LogP contribution in [-0.4, -0.2) is 91.4 Å². The van der Waals surface area contributed by atoms with E-state index in [1.54, 1.807) is 32.9 Å². The molecule has 0 fully saturated rings. The molecule has 2 heterocycles. The molecule has 0 saturated carbocycles. The number of aryl methyl sites for hydroxylation is 2. The Morgan fingerprint density at radius 1 is 1.12 bits per heavy atom. The summed E-state index contributed by atoms with van der Waals surface area (Å²) < 4.78 is 59.3. The van der Waals surface area contributed by atoms with E-state index in [9.17, 15) is 27.5 Å². The first-order valence-electron chi connectivity index (χ1n) is 16.3. The van der Waals surface area contributed by atoms with Gasteiger partial charge in [-0.15, -0.1) is 0 Å². The van der Waals surface area contributed by atoms with Crippen LogP contribution in [0, 0.1) is 25.6 Å². The van der Waals surface area contributed by atoms with Crippen molar-refractivity contribution in [2.45, 2.75) is 77.0 Å². The van der Waals surface area contributed by atoms with Gasteiger partial charge in [0, 0.05) is 44.0 Å². The summed E-state index contributed by atoms with van der Waals surface area (Å²) in [5, 5.41) is 19.3. The minimum Gasteiger partial charge on any atom is -0.490 e. The quantitative estimate of drug-likeness (QED) is 0.287. The number of urea groups is 1. The number of carbonyl (C=O) groups excluding carboxylic acids is 2. The molecule has 3 aromatic rings. The number of halogens is 1. The predicted molar refractivity (Wildman–Crippen MR) is 182 cm³/mol. The summed E-state index contributed by atoms with van der Waals surface area (Å²) in [4.78, 5) is 28.6. The third-order valence-corrected chi connectivity index (χ3v) is 10.6. The van der Waals surface area contributed by atoms with Crippen LogP contribution < -0.4 is 15.4 Å². The molecular weight excluding hydrogens is 657 g/mol. The van der Waals surface area contributed by atoms with Crippen LogP contribution in [0.15, 0.2) is 51.9 Å². The molecule has 0 saturated heterocycles. The number of hydrogen-bond donors (Lipinski definition) is 3. The van der Waals surface area contributed by atoms with Gasteiger partial charge in [0.25, 0.3) is 5.91 Å². The molecule has 4 atom stereocenters. The predicted octanol–water partition coefficient (Wildman–Crippen LogP) is 5.19. The van der Waals surface area contributed by atoms with Gasteiger partial charge in [0.15, 0.2) is 5.76 Å². The van der Waals surface area contributed by atoms with Gasteiger partial charge >= 0.3 is 6.03 Å². The van der Waals surface area contributed by atoms with E-state index in [0.717, 1.165) is 6.42 Å². The molecule has 0 radical (unpaired) electrons. The Hall–Kier alpha value is -4.05. The number of ether oxygens (including phenoxy) is 2. The van der Waals surface area contributed by atoms with Crippen molar-refractivity contribution in [3.05, 3.63) is 65.3 Å². The number of aliphatic hydroxyl groups excluding tert-OH is 1. The first-order chi connectivity index (χ1) is 23.2. The highest BCUT2D eigenvalue weighted by atomic mass is 32.2. The van der Waals surface area contributed by atoms with E-state index in [0.29, 0.717) is 36.6 Å². The van der Waals surface area contributed by atoms with Crippen LogP contribution in [0.1, 0.15) is 61.8 Å². The second-order valence-corrected chi connectivity index (χ2v) is 14.5. The van der Waals surface area contributed by atoms with E-state index in [1.807, 2.05) is 13.8 Å². The van der Waals surface area contributed by atoms with Crippen molar-refractivity contribution in [3.63, 3.8) is 0 Å². The molecule has 0 bridgehead atoms. The number of anilines is 2. The van der Waals surface area contributed by atoms with Crippen LogP contribution in [-0.2, 0) is 14.8 Å². The third-order valence-electron chi connectivity index (χ3n) is 8.48. The van der Waals surface area contributed by atoms with Gasteiger partial charge in [0.2, 0.25) is 10.0 Å². The minimum atomic E-state index is -3.97. The Balaban J connectivity index is 1.63. The number of fused-ring (bicyclic) bond motifs is 1. The fourth-order valence-electron chi connectivity index (χ4n) is 5.64. The Morgan fingerprint density at radius 3 is 2.45 bits per heavy atom. The molecule has 3 amide bonds. The van der Waals surface area contributed by atoms with E-state index in [4.69, 9.17) is 14.0 Å². The fourth-order valence-corrected chi connectivity index (χ4v) is 7.11. The smallest absolute Gasteiger partial charge is 0.323 e. The average Bonchev–Trinajstić information content (AvgIpc) is 3.41. The molecule has 1 aliphatic rings. The summed E-state index contributed by atoms with van der Waals surface area (Å²) in [6.45, 7) is 8.73. The molecule has 4 rings (SSSR count). The standard InChI is InChI=1S/C34H46FN5O8S/c1-21-18-40(22(2)20-41)33(42)29-17-28(37-34(43)36-27-12-10-26(35)11-13-27)14-15-30(29)47-23(3)9-7-8-16-46-31(21)19-39(6)49(44,45)32-24(4)38-48-25(32)5/h10-15,17,21-23,31,41H,7-9,16,18-20H2,1-6H3,(H2,36,37,43)/t21-,22+,23+,31-/m0/s1. The fraction of sp³-hybridized carbons (Fsp3) is 0.500. The second-order valence-electron chi connectivity index (χ2n) is 12.5. The molecular formula is C34H46FN5O8S. The highest BCUT2D eigenvalue weighted by Gasteiger charge is 2.34. The lowest BCUT2D eigenvalue weighted by Gasteiger charge is -2.35. The van der Waals surface area contributed by atoms with Gasteiger partial charge in [0.1, 0.15) is 22.2 Å². The first-order valence-corrected chi connectivity index (χ1v) is 17.7. The molecule has 1 aliphatic heterocycles. The van der Waals surface area contributed by atoms with Crippen LogP contribution in [0.4, 0.5) is 20.6 Å². The Labute approximate surface area is 286 Å². The Bertz CT molecular complexity index is 1680. The highest BCUT2D eigenvalue weighted by molar-refractivity contribution is 7.89. The average molecular weight is 704 g/mol. The van der Waals surface area contributed by atoms with Gasteiger partial charge in [0.05, 0.1) is 30.4 Å². The van der Waals surface area contributed by atoms with Crippen molar-refractivity contribution >= 4 is 33.3 Å². The molecule has 13 nitrogen and oxygen atoms in total. The lowest BCUT2D eigenvalue weighted by atomic mass is 10.0. The van der Waals surface area contributed by atoms with E-state index < -0.39 is 39.9 Å². The van der Waals surface area contributed by atoms with Crippen LogP contribution in [0.3, 0.4) is 0 Å². The summed E-state index contributed by atoms with van der Waals surface area (Å²) >= 11 is 0. The zero-order chi connectivity index (χ0) is 35.9. The van der Waals surface area contributed by atoms with E-state index in [1.165, 1.54) is 46.6 Å². The summed E-state index contributed by atoms with van der Waals surface area (Å²) in [5.41, 5.74) is 1.12. The SMILES string of the molecule is Cc1noc(C)c1S(=O)(=O)N(C)C[C@@H]1OCCCC[C@@H](C)Oc2ccc(NC(=O)Nc3ccc(F)cc3)cc2C(=O)N([C@H](C)CO)C[C@@H]1C. The number of nitrogens with one attached hydrogen (secondary N) is 2. The van der Waals surface area contributed by atoms with Gasteiger partial charge in [-0.05, 0) is 89.4 Å². The van der Waals surface area contributed by atoms with E-state index >= 15 is 0 Å². The van der Waals surface area contributed by atoms with Crippen LogP contribution in [0.25, 0.3) is 0 Å².